The molecule has 0 unspecified atom stereocenters. The predicted octanol–water partition coefficient (Wildman–Crippen LogP) is 1.10. The molecule has 112 valence electrons. The molecule has 6 nitrogen and oxygen atoms in total. The van der Waals surface area contributed by atoms with Crippen LogP contribution < -0.4 is 5.32 Å². The van der Waals surface area contributed by atoms with Gasteiger partial charge in [0.1, 0.15) is 5.54 Å². The Balaban J connectivity index is 2.07. The van der Waals surface area contributed by atoms with Gasteiger partial charge in [0.2, 0.25) is 5.91 Å². The van der Waals surface area contributed by atoms with Gasteiger partial charge in [-0.3, -0.25) is 4.79 Å². The summed E-state index contributed by atoms with van der Waals surface area (Å²) in [6.07, 6.45) is 2.28. The minimum Gasteiger partial charge on any atom is -0.480 e. The fraction of sp³-hybridized carbons (Fsp3) is 0.286. The van der Waals surface area contributed by atoms with Crippen LogP contribution in [0.3, 0.4) is 0 Å². The van der Waals surface area contributed by atoms with E-state index in [2.05, 4.69) is 5.32 Å². The van der Waals surface area contributed by atoms with Gasteiger partial charge in [0.15, 0.2) is 9.84 Å². The first kappa shape index (κ1) is 15.2. The number of sulfone groups is 1. The minimum atomic E-state index is -3.71. The van der Waals surface area contributed by atoms with Gasteiger partial charge in [-0.2, -0.15) is 0 Å². The Bertz CT molecular complexity index is 675. The lowest BCUT2D eigenvalue weighted by molar-refractivity contribution is -0.151. The number of carboxylic acids is 1. The number of rotatable bonds is 5. The zero-order chi connectivity index (χ0) is 15.5. The van der Waals surface area contributed by atoms with Crippen LogP contribution in [0.4, 0.5) is 0 Å². The van der Waals surface area contributed by atoms with Gasteiger partial charge in [-0.05, 0) is 31.4 Å². The van der Waals surface area contributed by atoms with Gasteiger partial charge >= 0.3 is 5.97 Å². The molecule has 1 fully saturated rings. The average molecular weight is 309 g/mol. The van der Waals surface area contributed by atoms with E-state index in [-0.39, 0.29) is 4.90 Å². The van der Waals surface area contributed by atoms with Crippen LogP contribution in [0, 0.1) is 0 Å². The van der Waals surface area contributed by atoms with Gasteiger partial charge in [0.25, 0.3) is 0 Å². The van der Waals surface area contributed by atoms with Gasteiger partial charge in [0.05, 0.1) is 4.90 Å². The van der Waals surface area contributed by atoms with E-state index in [1.807, 2.05) is 0 Å². The topological polar surface area (TPSA) is 101 Å². The van der Waals surface area contributed by atoms with Crippen LogP contribution in [0.25, 0.3) is 0 Å². The molecular formula is C14H15NO5S. The Morgan fingerprint density at radius 3 is 2.29 bits per heavy atom. The number of carboxylic acid groups (broad SMARTS) is 1. The molecule has 2 N–H and O–H groups in total. The van der Waals surface area contributed by atoms with Crippen molar-refractivity contribution >= 4 is 21.7 Å². The number of amides is 1. The van der Waals surface area contributed by atoms with Crippen molar-refractivity contribution in [2.24, 2.45) is 0 Å². The third kappa shape index (κ3) is 3.30. The molecule has 0 heterocycles. The summed E-state index contributed by atoms with van der Waals surface area (Å²) in [7, 11) is -3.71. The van der Waals surface area contributed by atoms with Crippen LogP contribution in [0.5, 0.6) is 0 Å². The number of hydrogen-bond donors (Lipinski definition) is 2. The fourth-order valence-corrected chi connectivity index (χ4v) is 3.04. The summed E-state index contributed by atoms with van der Waals surface area (Å²) in [5.74, 6) is -1.82. The van der Waals surface area contributed by atoms with Gasteiger partial charge in [0, 0.05) is 11.5 Å². The maximum Gasteiger partial charge on any atom is 0.329 e. The van der Waals surface area contributed by atoms with Gasteiger partial charge in [-0.1, -0.05) is 18.2 Å². The fourth-order valence-electron chi connectivity index (χ4n) is 2.04. The Hall–Kier alpha value is -2.15. The first-order chi connectivity index (χ1) is 9.86. The number of aliphatic carboxylic acids is 1. The van der Waals surface area contributed by atoms with Gasteiger partial charge < -0.3 is 10.4 Å². The lowest BCUT2D eigenvalue weighted by Crippen LogP contribution is -2.58. The van der Waals surface area contributed by atoms with Crippen molar-refractivity contribution in [1.29, 1.82) is 0 Å². The maximum atomic E-state index is 11.9. The monoisotopic (exact) mass is 309 g/mol. The summed E-state index contributed by atoms with van der Waals surface area (Å²) >= 11 is 0. The largest absolute Gasteiger partial charge is 0.480 e. The average Bonchev–Trinajstić information content (AvgIpc) is 2.41. The number of carbonyl (C=O) groups excluding carboxylic acids is 1. The summed E-state index contributed by atoms with van der Waals surface area (Å²) < 4.78 is 23.9. The van der Waals surface area contributed by atoms with Crippen molar-refractivity contribution in [2.45, 2.75) is 29.7 Å². The van der Waals surface area contributed by atoms with Crippen LogP contribution in [0.15, 0.2) is 46.7 Å². The zero-order valence-electron chi connectivity index (χ0n) is 11.2. The second-order valence-electron chi connectivity index (χ2n) is 4.89. The van der Waals surface area contributed by atoms with E-state index < -0.39 is 27.3 Å². The van der Waals surface area contributed by atoms with Crippen molar-refractivity contribution in [3.05, 3.63) is 41.8 Å². The predicted molar refractivity (Wildman–Crippen MR) is 75.1 cm³/mol. The summed E-state index contributed by atoms with van der Waals surface area (Å²) in [4.78, 5) is 22.9. The summed E-state index contributed by atoms with van der Waals surface area (Å²) in [6.45, 7) is 0. The first-order valence-corrected chi connectivity index (χ1v) is 7.94. The van der Waals surface area contributed by atoms with E-state index in [0.717, 1.165) is 17.9 Å². The van der Waals surface area contributed by atoms with E-state index in [4.69, 9.17) is 5.11 Å². The van der Waals surface area contributed by atoms with Crippen molar-refractivity contribution in [3.63, 3.8) is 0 Å². The summed E-state index contributed by atoms with van der Waals surface area (Å²) in [5.41, 5.74) is -1.25. The van der Waals surface area contributed by atoms with Crippen molar-refractivity contribution in [1.82, 2.24) is 5.32 Å². The van der Waals surface area contributed by atoms with Crippen LogP contribution in [0.2, 0.25) is 0 Å². The molecule has 0 saturated heterocycles. The molecule has 0 radical (unpaired) electrons. The van der Waals surface area contributed by atoms with Crippen LogP contribution in [0.1, 0.15) is 19.3 Å². The van der Waals surface area contributed by atoms with E-state index >= 15 is 0 Å². The number of hydrogen-bond acceptors (Lipinski definition) is 4. The smallest absolute Gasteiger partial charge is 0.329 e. The van der Waals surface area contributed by atoms with Gasteiger partial charge in [-0.25, -0.2) is 13.2 Å². The second-order valence-corrected chi connectivity index (χ2v) is 6.72. The Labute approximate surface area is 122 Å². The van der Waals surface area contributed by atoms with Crippen molar-refractivity contribution in [3.8, 4) is 0 Å². The number of carbonyl (C=O) groups is 2. The molecule has 7 heteroatoms. The minimum absolute atomic E-state index is 0.0747. The molecule has 0 atom stereocenters. The molecule has 0 spiro atoms. The molecule has 1 amide bonds. The summed E-state index contributed by atoms with van der Waals surface area (Å²) in [6, 6.07) is 7.68. The lowest BCUT2D eigenvalue weighted by atomic mass is 9.77. The van der Waals surface area contributed by atoms with E-state index in [0.29, 0.717) is 12.8 Å². The number of benzene rings is 1. The standard InChI is InChI=1S/C14H15NO5S/c16-12(15-14(13(17)18)8-4-9-14)7-10-21(19,20)11-5-2-1-3-6-11/h1-3,5-7,10H,4,8-9H2,(H,15,16)(H,17,18)/b10-7+. The zero-order valence-corrected chi connectivity index (χ0v) is 12.0. The van der Waals surface area contributed by atoms with E-state index in [1.165, 1.54) is 12.1 Å². The molecule has 1 aliphatic carbocycles. The normalized spacial score (nSPS) is 17.1. The number of nitrogens with one attached hydrogen (secondary N) is 1. The molecule has 1 saturated carbocycles. The SMILES string of the molecule is O=C(/C=C/S(=O)(=O)c1ccccc1)NC1(C(=O)O)CCC1. The molecule has 0 aromatic heterocycles. The summed E-state index contributed by atoms with van der Waals surface area (Å²) in [5, 5.41) is 12.2. The van der Waals surface area contributed by atoms with Crippen LogP contribution in [-0.2, 0) is 19.4 Å². The Morgan fingerprint density at radius 1 is 1.19 bits per heavy atom. The maximum absolute atomic E-state index is 11.9. The Morgan fingerprint density at radius 2 is 1.81 bits per heavy atom. The molecule has 0 aliphatic heterocycles. The van der Waals surface area contributed by atoms with E-state index in [1.54, 1.807) is 18.2 Å². The highest BCUT2D eigenvalue weighted by molar-refractivity contribution is 7.94. The lowest BCUT2D eigenvalue weighted by Gasteiger charge is -2.37. The molecule has 1 aromatic carbocycles. The highest BCUT2D eigenvalue weighted by Crippen LogP contribution is 2.31. The van der Waals surface area contributed by atoms with Crippen molar-refractivity contribution in [2.75, 3.05) is 0 Å². The third-order valence-electron chi connectivity index (χ3n) is 3.45. The molecule has 1 aromatic rings. The molecule has 1 aliphatic rings. The quantitative estimate of drug-likeness (QED) is 0.793. The molecule has 2 rings (SSSR count). The molecule has 0 bridgehead atoms. The molecule has 21 heavy (non-hydrogen) atoms. The van der Waals surface area contributed by atoms with E-state index in [9.17, 15) is 18.0 Å². The Kier molecular flexibility index (Phi) is 4.13. The highest BCUT2D eigenvalue weighted by Gasteiger charge is 2.45. The van der Waals surface area contributed by atoms with Crippen LogP contribution >= 0.6 is 0 Å². The third-order valence-corrected chi connectivity index (χ3v) is 4.87. The second kappa shape index (κ2) is 5.69. The van der Waals surface area contributed by atoms with Crippen LogP contribution in [-0.4, -0.2) is 30.9 Å². The molecular weight excluding hydrogens is 294 g/mol. The van der Waals surface area contributed by atoms with Gasteiger partial charge in [-0.15, -0.1) is 0 Å². The highest BCUT2D eigenvalue weighted by atomic mass is 32.2. The first-order valence-electron chi connectivity index (χ1n) is 6.39. The van der Waals surface area contributed by atoms with Crippen molar-refractivity contribution < 1.29 is 23.1 Å².